The molecule has 0 radical (unpaired) electrons. The molecule has 1 unspecified atom stereocenters. The number of anilines is 1. The van der Waals surface area contributed by atoms with Gasteiger partial charge in [0.05, 0.1) is 6.61 Å². The zero-order valence-electron chi connectivity index (χ0n) is 13.2. The van der Waals surface area contributed by atoms with Crippen LogP contribution in [0.15, 0.2) is 6.07 Å². The molecule has 22 heavy (non-hydrogen) atoms. The molecule has 1 atom stereocenters. The zero-order chi connectivity index (χ0) is 16.1. The van der Waals surface area contributed by atoms with Crippen molar-refractivity contribution < 1.29 is 14.4 Å². The normalized spacial score (nSPS) is 15.2. The Morgan fingerprint density at radius 1 is 1.36 bits per heavy atom. The minimum Gasteiger partial charge on any atom is -0.309 e. The van der Waals surface area contributed by atoms with Crippen LogP contribution in [0.25, 0.3) is 0 Å². The molecule has 1 fully saturated rings. The van der Waals surface area contributed by atoms with Gasteiger partial charge in [-0.2, -0.15) is 0 Å². The second kappa shape index (κ2) is 7.31. The van der Waals surface area contributed by atoms with E-state index in [1.807, 2.05) is 13.8 Å². The Morgan fingerprint density at radius 2 is 2.09 bits per heavy atom. The molecule has 0 saturated heterocycles. The van der Waals surface area contributed by atoms with Gasteiger partial charge in [-0.1, -0.05) is 13.8 Å². The highest BCUT2D eigenvalue weighted by Gasteiger charge is 2.30. The van der Waals surface area contributed by atoms with E-state index in [0.29, 0.717) is 12.4 Å². The lowest BCUT2D eigenvalue weighted by Gasteiger charge is -2.14. The van der Waals surface area contributed by atoms with Crippen LogP contribution in [0.4, 0.5) is 5.82 Å². The molecule has 0 spiro atoms. The summed E-state index contributed by atoms with van der Waals surface area (Å²) >= 11 is 0. The molecule has 1 aliphatic carbocycles. The predicted octanol–water partition coefficient (Wildman–Crippen LogP) is 2.02. The van der Waals surface area contributed by atoms with Gasteiger partial charge in [0.2, 0.25) is 5.91 Å². The third kappa shape index (κ3) is 4.00. The second-order valence-corrected chi connectivity index (χ2v) is 5.47. The largest absolute Gasteiger partial charge is 0.309 e. The zero-order valence-corrected chi connectivity index (χ0v) is 13.2. The van der Waals surface area contributed by atoms with Gasteiger partial charge in [-0.05, 0) is 43.7 Å². The van der Waals surface area contributed by atoms with Crippen LogP contribution in [0.1, 0.15) is 62.0 Å². The molecule has 7 nitrogen and oxygen atoms in total. The van der Waals surface area contributed by atoms with Crippen molar-refractivity contribution in [3.8, 4) is 0 Å². The average Bonchev–Trinajstić information content (AvgIpc) is 3.36. The smallest absolute Gasteiger partial charge is 0.295 e. The van der Waals surface area contributed by atoms with Crippen molar-refractivity contribution >= 4 is 17.6 Å². The van der Waals surface area contributed by atoms with Crippen LogP contribution in [-0.2, 0) is 9.63 Å². The average molecular weight is 306 g/mol. The van der Waals surface area contributed by atoms with Crippen molar-refractivity contribution in [2.45, 2.75) is 46.0 Å². The Kier molecular flexibility index (Phi) is 5.43. The molecule has 1 aromatic rings. The van der Waals surface area contributed by atoms with Crippen LogP contribution >= 0.6 is 0 Å². The fourth-order valence-electron chi connectivity index (χ4n) is 2.00. The number of hydrogen-bond acceptors (Lipinski definition) is 5. The molecule has 0 aliphatic heterocycles. The summed E-state index contributed by atoms with van der Waals surface area (Å²) in [4.78, 5) is 28.8. The van der Waals surface area contributed by atoms with Crippen LogP contribution in [0, 0.1) is 5.92 Å². The Balaban J connectivity index is 2.21. The number of rotatable bonds is 7. The van der Waals surface area contributed by atoms with Gasteiger partial charge >= 0.3 is 0 Å². The molecular weight excluding hydrogens is 284 g/mol. The van der Waals surface area contributed by atoms with Gasteiger partial charge in [-0.25, -0.2) is 5.48 Å². The number of nitrogens with zero attached hydrogens (tertiary/aromatic N) is 2. The van der Waals surface area contributed by atoms with Crippen LogP contribution in [0.5, 0.6) is 0 Å². The predicted molar refractivity (Wildman–Crippen MR) is 81.2 cm³/mol. The molecule has 1 aliphatic rings. The fraction of sp³-hybridized carbons (Fsp3) is 0.600. The van der Waals surface area contributed by atoms with Gasteiger partial charge in [0.25, 0.3) is 5.91 Å². The van der Waals surface area contributed by atoms with Gasteiger partial charge in [0, 0.05) is 5.92 Å². The summed E-state index contributed by atoms with van der Waals surface area (Å²) in [6, 6.07) is 1.72. The standard InChI is InChI=1S/C15H22N4O3/c1-4-9(3)11-8-12(16-14(20)10-6-7-10)17-18-13(11)15(21)19-22-5-2/h8-10H,4-7H2,1-3H3,(H,19,21)(H,16,17,20). The summed E-state index contributed by atoms with van der Waals surface area (Å²) in [6.07, 6.45) is 2.69. The van der Waals surface area contributed by atoms with E-state index in [1.165, 1.54) is 0 Å². The summed E-state index contributed by atoms with van der Waals surface area (Å²) in [5, 5.41) is 10.7. The number of hydrogen-bond donors (Lipinski definition) is 2. The molecule has 120 valence electrons. The highest BCUT2D eigenvalue weighted by molar-refractivity contribution is 5.95. The number of nitrogens with one attached hydrogen (secondary N) is 2. The Morgan fingerprint density at radius 3 is 2.68 bits per heavy atom. The maximum Gasteiger partial charge on any atom is 0.295 e. The minimum atomic E-state index is -0.426. The van der Waals surface area contributed by atoms with Crippen molar-refractivity contribution in [2.24, 2.45) is 5.92 Å². The number of carbonyl (C=O) groups is 2. The molecule has 2 N–H and O–H groups in total. The van der Waals surface area contributed by atoms with Gasteiger partial charge in [-0.3, -0.25) is 14.4 Å². The van der Waals surface area contributed by atoms with Gasteiger partial charge in [0.15, 0.2) is 11.5 Å². The topological polar surface area (TPSA) is 93.2 Å². The maximum atomic E-state index is 12.1. The molecule has 1 heterocycles. The number of aromatic nitrogens is 2. The molecule has 0 bridgehead atoms. The fourth-order valence-corrected chi connectivity index (χ4v) is 2.00. The lowest BCUT2D eigenvalue weighted by atomic mass is 9.97. The number of carbonyl (C=O) groups excluding carboxylic acids is 2. The van der Waals surface area contributed by atoms with E-state index < -0.39 is 5.91 Å². The first kappa shape index (κ1) is 16.4. The highest BCUT2D eigenvalue weighted by atomic mass is 16.6. The number of hydroxylamine groups is 1. The van der Waals surface area contributed by atoms with E-state index in [9.17, 15) is 9.59 Å². The summed E-state index contributed by atoms with van der Waals surface area (Å²) in [6.45, 7) is 6.17. The van der Waals surface area contributed by atoms with E-state index in [-0.39, 0.29) is 23.4 Å². The SMILES string of the molecule is CCONC(=O)c1nnc(NC(=O)C2CC2)cc1C(C)CC. The van der Waals surface area contributed by atoms with Crippen molar-refractivity contribution in [1.29, 1.82) is 0 Å². The molecule has 7 heteroatoms. The van der Waals surface area contributed by atoms with E-state index in [0.717, 1.165) is 24.8 Å². The highest BCUT2D eigenvalue weighted by Crippen LogP contribution is 2.30. The van der Waals surface area contributed by atoms with Gasteiger partial charge in [-0.15, -0.1) is 10.2 Å². The molecular formula is C15H22N4O3. The van der Waals surface area contributed by atoms with E-state index in [4.69, 9.17) is 4.84 Å². The first-order valence-corrected chi connectivity index (χ1v) is 7.67. The molecule has 1 saturated carbocycles. The van der Waals surface area contributed by atoms with E-state index in [2.05, 4.69) is 21.0 Å². The summed E-state index contributed by atoms with van der Waals surface area (Å²) in [5.41, 5.74) is 3.31. The second-order valence-electron chi connectivity index (χ2n) is 5.47. The minimum absolute atomic E-state index is 0.0316. The third-order valence-corrected chi connectivity index (χ3v) is 3.69. The monoisotopic (exact) mass is 306 g/mol. The first-order chi connectivity index (χ1) is 10.6. The molecule has 2 amide bonds. The lowest BCUT2D eigenvalue weighted by Crippen LogP contribution is -2.27. The lowest BCUT2D eigenvalue weighted by molar-refractivity contribution is -0.117. The van der Waals surface area contributed by atoms with Crippen molar-refractivity contribution in [1.82, 2.24) is 15.7 Å². The maximum absolute atomic E-state index is 12.1. The Labute approximate surface area is 129 Å². The van der Waals surface area contributed by atoms with Gasteiger partial charge < -0.3 is 5.32 Å². The van der Waals surface area contributed by atoms with Gasteiger partial charge in [0.1, 0.15) is 0 Å². The first-order valence-electron chi connectivity index (χ1n) is 7.67. The van der Waals surface area contributed by atoms with Crippen molar-refractivity contribution in [2.75, 3.05) is 11.9 Å². The van der Waals surface area contributed by atoms with Crippen molar-refractivity contribution in [3.63, 3.8) is 0 Å². The molecule has 2 rings (SSSR count). The quantitative estimate of drug-likeness (QED) is 0.752. The van der Waals surface area contributed by atoms with Crippen molar-refractivity contribution in [3.05, 3.63) is 17.3 Å². The number of amides is 2. The summed E-state index contributed by atoms with van der Waals surface area (Å²) in [7, 11) is 0. The summed E-state index contributed by atoms with van der Waals surface area (Å²) in [5.74, 6) is 0.144. The Bertz CT molecular complexity index is 558. The van der Waals surface area contributed by atoms with E-state index in [1.54, 1.807) is 13.0 Å². The summed E-state index contributed by atoms with van der Waals surface area (Å²) < 4.78 is 0. The van der Waals surface area contributed by atoms with Crippen LogP contribution < -0.4 is 10.8 Å². The van der Waals surface area contributed by atoms with Crippen LogP contribution in [-0.4, -0.2) is 28.6 Å². The van der Waals surface area contributed by atoms with Crippen LogP contribution in [0.3, 0.4) is 0 Å². The van der Waals surface area contributed by atoms with Crippen LogP contribution in [0.2, 0.25) is 0 Å². The molecule has 1 aromatic heterocycles. The Hall–Kier alpha value is -2.02. The molecule has 0 aromatic carbocycles. The van der Waals surface area contributed by atoms with E-state index >= 15 is 0 Å². The third-order valence-electron chi connectivity index (χ3n) is 3.69.